The zero-order valence-corrected chi connectivity index (χ0v) is 14.3. The van der Waals surface area contributed by atoms with Crippen LogP contribution in [0.15, 0.2) is 42.0 Å². The average molecular weight is 320 g/mol. The highest BCUT2D eigenvalue weighted by atomic mass is 16.5. The first-order valence-corrected chi connectivity index (χ1v) is 7.59. The molecule has 2 aromatic rings. The van der Waals surface area contributed by atoms with E-state index < -0.39 is 5.91 Å². The van der Waals surface area contributed by atoms with Gasteiger partial charge in [-0.2, -0.15) is 5.26 Å². The Morgan fingerprint density at radius 3 is 2.50 bits per heavy atom. The summed E-state index contributed by atoms with van der Waals surface area (Å²) in [6, 6.07) is 13.0. The molecule has 0 aliphatic heterocycles. The van der Waals surface area contributed by atoms with Gasteiger partial charge in [-0.3, -0.25) is 4.79 Å². The van der Waals surface area contributed by atoms with Gasteiger partial charge in [0.1, 0.15) is 17.4 Å². The van der Waals surface area contributed by atoms with Crippen LogP contribution >= 0.6 is 0 Å². The maximum absolute atomic E-state index is 12.4. The van der Waals surface area contributed by atoms with Crippen molar-refractivity contribution in [2.45, 2.75) is 20.8 Å². The molecule has 4 heteroatoms. The third-order valence-electron chi connectivity index (χ3n) is 3.87. The van der Waals surface area contributed by atoms with Gasteiger partial charge in [0.25, 0.3) is 5.91 Å². The van der Waals surface area contributed by atoms with Crippen LogP contribution in [0.2, 0.25) is 0 Å². The van der Waals surface area contributed by atoms with Crippen molar-refractivity contribution in [3.05, 3.63) is 64.2 Å². The Bertz CT molecular complexity index is 845. The largest absolute Gasteiger partial charge is 0.497 e. The Hall–Kier alpha value is -3.06. The molecule has 122 valence electrons. The summed E-state index contributed by atoms with van der Waals surface area (Å²) in [5.41, 5.74) is 4.85. The first-order chi connectivity index (χ1) is 11.4. The van der Waals surface area contributed by atoms with Gasteiger partial charge in [0.05, 0.1) is 7.11 Å². The second-order valence-corrected chi connectivity index (χ2v) is 5.65. The molecule has 0 aliphatic rings. The zero-order chi connectivity index (χ0) is 17.7. The maximum Gasteiger partial charge on any atom is 0.266 e. The van der Waals surface area contributed by atoms with Crippen molar-refractivity contribution in [2.24, 2.45) is 0 Å². The van der Waals surface area contributed by atoms with Crippen molar-refractivity contribution >= 4 is 17.7 Å². The Morgan fingerprint density at radius 1 is 1.12 bits per heavy atom. The lowest BCUT2D eigenvalue weighted by Gasteiger charge is -2.08. The van der Waals surface area contributed by atoms with Crippen LogP contribution in [0.25, 0.3) is 6.08 Å². The highest BCUT2D eigenvalue weighted by Crippen LogP contribution is 2.20. The molecular weight excluding hydrogens is 300 g/mol. The predicted octanol–water partition coefficient (Wildman–Crippen LogP) is 4.17. The summed E-state index contributed by atoms with van der Waals surface area (Å²) in [5.74, 6) is 0.198. The maximum atomic E-state index is 12.4. The quantitative estimate of drug-likeness (QED) is 0.679. The normalized spacial score (nSPS) is 10.9. The van der Waals surface area contributed by atoms with E-state index in [9.17, 15) is 10.1 Å². The van der Waals surface area contributed by atoms with E-state index in [0.29, 0.717) is 11.4 Å². The van der Waals surface area contributed by atoms with Crippen molar-refractivity contribution in [3.63, 3.8) is 0 Å². The van der Waals surface area contributed by atoms with Gasteiger partial charge in [-0.1, -0.05) is 18.2 Å². The molecule has 0 saturated heterocycles. The van der Waals surface area contributed by atoms with Gasteiger partial charge in [0, 0.05) is 11.8 Å². The summed E-state index contributed by atoms with van der Waals surface area (Å²) in [6.07, 6.45) is 1.62. The van der Waals surface area contributed by atoms with Crippen LogP contribution in [0.4, 0.5) is 5.69 Å². The van der Waals surface area contributed by atoms with Crippen LogP contribution < -0.4 is 10.1 Å². The summed E-state index contributed by atoms with van der Waals surface area (Å²) >= 11 is 0. The molecule has 2 aromatic carbocycles. The van der Waals surface area contributed by atoms with Crippen LogP contribution in [-0.2, 0) is 4.79 Å². The molecule has 0 fully saturated rings. The van der Waals surface area contributed by atoms with Gasteiger partial charge in [0.2, 0.25) is 0 Å². The molecule has 24 heavy (non-hydrogen) atoms. The van der Waals surface area contributed by atoms with Gasteiger partial charge in [-0.15, -0.1) is 0 Å². The van der Waals surface area contributed by atoms with Crippen molar-refractivity contribution in [1.82, 2.24) is 0 Å². The van der Waals surface area contributed by atoms with Crippen molar-refractivity contribution in [3.8, 4) is 11.8 Å². The lowest BCUT2D eigenvalue weighted by molar-refractivity contribution is -0.112. The van der Waals surface area contributed by atoms with Crippen molar-refractivity contribution in [2.75, 3.05) is 12.4 Å². The van der Waals surface area contributed by atoms with E-state index in [-0.39, 0.29) is 5.57 Å². The fourth-order valence-electron chi connectivity index (χ4n) is 2.34. The second kappa shape index (κ2) is 7.47. The smallest absolute Gasteiger partial charge is 0.266 e. The summed E-state index contributed by atoms with van der Waals surface area (Å²) < 4.78 is 5.13. The van der Waals surface area contributed by atoms with E-state index in [1.807, 2.05) is 32.9 Å². The molecule has 0 aliphatic carbocycles. The highest BCUT2D eigenvalue weighted by Gasteiger charge is 2.11. The van der Waals surface area contributed by atoms with Crippen LogP contribution in [0.5, 0.6) is 5.75 Å². The minimum absolute atomic E-state index is 0.0594. The van der Waals surface area contributed by atoms with Gasteiger partial charge in [0.15, 0.2) is 0 Å². The number of nitrogens with one attached hydrogen (secondary N) is 1. The van der Waals surface area contributed by atoms with Gasteiger partial charge in [-0.25, -0.2) is 0 Å². The third-order valence-corrected chi connectivity index (χ3v) is 3.87. The number of aryl methyl sites for hydroxylation is 3. The molecule has 2 rings (SSSR count). The summed E-state index contributed by atoms with van der Waals surface area (Å²) in [6.45, 7) is 6.01. The van der Waals surface area contributed by atoms with E-state index in [2.05, 4.69) is 11.4 Å². The number of carbonyl (C=O) groups excluding carboxylic acids is 1. The van der Waals surface area contributed by atoms with E-state index in [0.717, 1.165) is 16.7 Å². The van der Waals surface area contributed by atoms with Crippen molar-refractivity contribution < 1.29 is 9.53 Å². The van der Waals surface area contributed by atoms with Crippen LogP contribution in [0.3, 0.4) is 0 Å². The Balaban J connectivity index is 2.29. The zero-order valence-electron chi connectivity index (χ0n) is 14.3. The van der Waals surface area contributed by atoms with Gasteiger partial charge >= 0.3 is 0 Å². The van der Waals surface area contributed by atoms with Crippen LogP contribution in [0.1, 0.15) is 22.3 Å². The first-order valence-electron chi connectivity index (χ1n) is 7.59. The topological polar surface area (TPSA) is 62.1 Å². The Labute approximate surface area is 142 Å². The number of hydrogen-bond donors (Lipinski definition) is 1. The number of nitrogens with zero attached hydrogens (tertiary/aromatic N) is 1. The lowest BCUT2D eigenvalue weighted by atomic mass is 9.99. The monoisotopic (exact) mass is 320 g/mol. The molecule has 0 unspecified atom stereocenters. The number of anilines is 1. The Kier molecular flexibility index (Phi) is 5.39. The SMILES string of the molecule is COc1cccc(NC(=O)/C(C#N)=C/c2cc(C)c(C)cc2C)c1. The molecule has 0 spiro atoms. The number of methoxy groups -OCH3 is 1. The molecule has 0 atom stereocenters. The molecule has 1 N–H and O–H groups in total. The molecule has 0 radical (unpaired) electrons. The molecular formula is C20H20N2O2. The number of amides is 1. The second-order valence-electron chi connectivity index (χ2n) is 5.65. The van der Waals surface area contributed by atoms with E-state index in [4.69, 9.17) is 4.74 Å². The number of benzene rings is 2. The highest BCUT2D eigenvalue weighted by molar-refractivity contribution is 6.09. The first kappa shape index (κ1) is 17.3. The van der Waals surface area contributed by atoms with E-state index in [1.165, 1.54) is 5.56 Å². The van der Waals surface area contributed by atoms with E-state index in [1.54, 1.807) is 37.5 Å². The molecule has 0 saturated carbocycles. The van der Waals surface area contributed by atoms with Gasteiger partial charge in [-0.05, 0) is 61.2 Å². The lowest BCUT2D eigenvalue weighted by Crippen LogP contribution is -2.13. The number of nitriles is 1. The standard InChI is InChI=1S/C20H20N2O2/c1-13-8-15(3)16(9-14(13)2)10-17(12-21)20(23)22-18-6-5-7-19(11-18)24-4/h5-11H,1-4H3,(H,22,23)/b17-10+. The minimum atomic E-state index is -0.441. The Morgan fingerprint density at radius 2 is 1.83 bits per heavy atom. The van der Waals surface area contributed by atoms with Gasteiger partial charge < -0.3 is 10.1 Å². The summed E-state index contributed by atoms with van der Waals surface area (Å²) in [4.78, 5) is 12.4. The summed E-state index contributed by atoms with van der Waals surface area (Å²) in [5, 5.41) is 12.1. The molecule has 0 heterocycles. The van der Waals surface area contributed by atoms with Crippen LogP contribution in [0, 0.1) is 32.1 Å². The van der Waals surface area contributed by atoms with Crippen LogP contribution in [-0.4, -0.2) is 13.0 Å². The van der Waals surface area contributed by atoms with Crippen molar-refractivity contribution in [1.29, 1.82) is 5.26 Å². The van der Waals surface area contributed by atoms with E-state index >= 15 is 0 Å². The molecule has 1 amide bonds. The molecule has 0 aromatic heterocycles. The summed E-state index contributed by atoms with van der Waals surface area (Å²) in [7, 11) is 1.56. The fourth-order valence-corrected chi connectivity index (χ4v) is 2.34. The minimum Gasteiger partial charge on any atom is -0.497 e. The number of hydrogen-bond acceptors (Lipinski definition) is 3. The number of carbonyl (C=O) groups is 1. The molecule has 0 bridgehead atoms. The fraction of sp³-hybridized carbons (Fsp3) is 0.200. The predicted molar refractivity (Wildman–Crippen MR) is 95.9 cm³/mol. The number of rotatable bonds is 4. The average Bonchev–Trinajstić information content (AvgIpc) is 2.57. The third kappa shape index (κ3) is 4.02. The number of ether oxygens (including phenoxy) is 1. The molecule has 4 nitrogen and oxygen atoms in total.